The van der Waals surface area contributed by atoms with E-state index < -0.39 is 5.82 Å². The smallest absolute Gasteiger partial charge is 0.326 e. The normalized spacial score (nSPS) is 13.5. The van der Waals surface area contributed by atoms with E-state index in [-0.39, 0.29) is 18.4 Å². The van der Waals surface area contributed by atoms with E-state index in [1.807, 2.05) is 13.0 Å². The maximum atomic E-state index is 14.9. The van der Waals surface area contributed by atoms with Crippen LogP contribution in [0.5, 0.6) is 11.8 Å². The summed E-state index contributed by atoms with van der Waals surface area (Å²) in [5, 5.41) is 23.0. The summed E-state index contributed by atoms with van der Waals surface area (Å²) in [6.45, 7) is 2.10. The third-order valence-corrected chi connectivity index (χ3v) is 5.03. The molecule has 1 fully saturated rings. The molecule has 0 unspecified atom stereocenters. The van der Waals surface area contributed by atoms with Crippen LogP contribution in [0.25, 0.3) is 10.9 Å². The van der Waals surface area contributed by atoms with Gasteiger partial charge in [0.05, 0.1) is 6.61 Å². The van der Waals surface area contributed by atoms with Crippen LogP contribution >= 0.6 is 0 Å². The van der Waals surface area contributed by atoms with Gasteiger partial charge in [-0.2, -0.15) is 15.1 Å². The van der Waals surface area contributed by atoms with Gasteiger partial charge in [0.15, 0.2) is 17.4 Å². The Morgan fingerprint density at radius 2 is 2.00 bits per heavy atom. The Morgan fingerprint density at radius 3 is 2.81 bits per heavy atom. The summed E-state index contributed by atoms with van der Waals surface area (Å²) in [4.78, 5) is 11.7. The average molecular weight is 423 g/mol. The van der Waals surface area contributed by atoms with E-state index in [1.165, 1.54) is 18.9 Å². The first-order chi connectivity index (χ1) is 15.1. The van der Waals surface area contributed by atoms with Gasteiger partial charge < -0.3 is 25.5 Å². The molecule has 9 nitrogen and oxygen atoms in total. The van der Waals surface area contributed by atoms with Crippen LogP contribution in [0.3, 0.4) is 0 Å². The van der Waals surface area contributed by atoms with Gasteiger partial charge in [-0.1, -0.05) is 0 Å². The molecular weight excluding hydrogens is 401 g/mol. The minimum Gasteiger partial charge on any atom is -0.421 e. The van der Waals surface area contributed by atoms with E-state index in [0.29, 0.717) is 40.8 Å². The molecule has 0 amide bonds. The number of anilines is 3. The van der Waals surface area contributed by atoms with E-state index in [9.17, 15) is 4.39 Å². The number of fused-ring (bicyclic) bond motifs is 1. The van der Waals surface area contributed by atoms with Crippen molar-refractivity contribution in [1.29, 1.82) is 0 Å². The van der Waals surface area contributed by atoms with Crippen molar-refractivity contribution in [3.63, 3.8) is 0 Å². The number of nitrogens with zero attached hydrogens (tertiary/aromatic N) is 3. The number of aryl methyl sites for hydroxylation is 1. The Kier molecular flexibility index (Phi) is 4.91. The first-order valence-electron chi connectivity index (χ1n) is 10.1. The van der Waals surface area contributed by atoms with Crippen LogP contribution in [0.2, 0.25) is 0 Å². The molecule has 31 heavy (non-hydrogen) atoms. The van der Waals surface area contributed by atoms with Crippen LogP contribution in [0.4, 0.5) is 21.8 Å². The molecule has 1 aliphatic carbocycles. The Hall–Kier alpha value is -3.66. The Labute approximate surface area is 177 Å². The Balaban J connectivity index is 1.43. The third-order valence-electron chi connectivity index (χ3n) is 5.03. The molecule has 0 spiro atoms. The Morgan fingerprint density at radius 1 is 1.16 bits per heavy atom. The largest absolute Gasteiger partial charge is 0.421 e. The van der Waals surface area contributed by atoms with Crippen molar-refractivity contribution < 1.29 is 14.2 Å². The lowest BCUT2D eigenvalue weighted by molar-refractivity contribution is 0.311. The van der Waals surface area contributed by atoms with Gasteiger partial charge in [0.1, 0.15) is 11.6 Å². The van der Waals surface area contributed by atoms with Gasteiger partial charge in [0.25, 0.3) is 0 Å². The summed E-state index contributed by atoms with van der Waals surface area (Å²) in [6, 6.07) is 8.59. The molecule has 3 aromatic heterocycles. The quantitative estimate of drug-likeness (QED) is 0.291. The number of hydrogen-bond acceptors (Lipinski definition) is 7. The van der Waals surface area contributed by atoms with Crippen LogP contribution in [-0.4, -0.2) is 43.4 Å². The lowest BCUT2D eigenvalue weighted by atomic mass is 10.2. The molecular formula is C21H22FN7O2. The fourth-order valence-corrected chi connectivity index (χ4v) is 3.41. The first kappa shape index (κ1) is 19.3. The van der Waals surface area contributed by atoms with Crippen molar-refractivity contribution in [2.75, 3.05) is 23.8 Å². The maximum absolute atomic E-state index is 14.9. The van der Waals surface area contributed by atoms with Crippen molar-refractivity contribution in [1.82, 2.24) is 25.1 Å². The summed E-state index contributed by atoms with van der Waals surface area (Å²) in [6.07, 6.45) is 2.33. The van der Waals surface area contributed by atoms with E-state index in [1.54, 1.807) is 18.2 Å². The van der Waals surface area contributed by atoms with Gasteiger partial charge in [-0.25, -0.2) is 4.39 Å². The minimum atomic E-state index is -0.491. The van der Waals surface area contributed by atoms with E-state index in [0.717, 1.165) is 11.4 Å². The molecule has 0 atom stereocenters. The zero-order valence-electron chi connectivity index (χ0n) is 16.9. The SMILES string of the molecule is Cc1cc2c(F)c(Oc3nc(NCCO)cc(Nc4cc(C5CC5)[nH]n4)n3)ccc2[nH]1. The summed E-state index contributed by atoms with van der Waals surface area (Å²) in [5.74, 6) is 1.55. The monoisotopic (exact) mass is 423 g/mol. The molecule has 4 aromatic rings. The lowest BCUT2D eigenvalue weighted by Crippen LogP contribution is -2.09. The molecule has 0 saturated heterocycles. The van der Waals surface area contributed by atoms with Crippen molar-refractivity contribution in [3.8, 4) is 11.8 Å². The highest BCUT2D eigenvalue weighted by Crippen LogP contribution is 2.39. The molecule has 10 heteroatoms. The fourth-order valence-electron chi connectivity index (χ4n) is 3.41. The average Bonchev–Trinajstić information content (AvgIpc) is 3.38. The van der Waals surface area contributed by atoms with Crippen LogP contribution in [-0.2, 0) is 0 Å². The van der Waals surface area contributed by atoms with Crippen LogP contribution < -0.4 is 15.4 Å². The highest BCUT2D eigenvalue weighted by molar-refractivity contribution is 5.82. The molecule has 0 aliphatic heterocycles. The number of aromatic amines is 2. The topological polar surface area (TPSA) is 124 Å². The second-order valence-electron chi connectivity index (χ2n) is 7.57. The molecule has 1 saturated carbocycles. The number of ether oxygens (including phenoxy) is 1. The number of H-pyrrole nitrogens is 2. The second kappa shape index (κ2) is 7.88. The number of aliphatic hydroxyl groups is 1. The number of aliphatic hydroxyl groups excluding tert-OH is 1. The standard InChI is InChI=1S/C21H22FN7O2/c1-11-8-13-14(24-11)4-5-16(20(13)22)31-21-26-17(23-6-7-30)10-18(27-21)25-19-9-15(28-29-19)12-2-3-12/h4-5,8-10,12,24,30H,2-3,6-7H2,1H3,(H3,23,25,26,27,28,29). The number of halogens is 1. The van der Waals surface area contributed by atoms with Gasteiger partial charge in [0.2, 0.25) is 0 Å². The maximum Gasteiger partial charge on any atom is 0.326 e. The Bertz CT molecular complexity index is 1230. The van der Waals surface area contributed by atoms with Crippen LogP contribution in [0.15, 0.2) is 30.3 Å². The van der Waals surface area contributed by atoms with Crippen molar-refractivity contribution in [2.24, 2.45) is 0 Å². The predicted molar refractivity (Wildman–Crippen MR) is 115 cm³/mol. The molecule has 0 bridgehead atoms. The molecule has 1 aliphatic rings. The minimum absolute atomic E-state index is 0.0209. The van der Waals surface area contributed by atoms with Gasteiger partial charge in [-0.3, -0.25) is 5.10 Å². The van der Waals surface area contributed by atoms with Crippen LogP contribution in [0.1, 0.15) is 30.1 Å². The van der Waals surface area contributed by atoms with Gasteiger partial charge >= 0.3 is 6.01 Å². The predicted octanol–water partition coefficient (Wildman–Crippen LogP) is 3.95. The molecule has 5 N–H and O–H groups in total. The summed E-state index contributed by atoms with van der Waals surface area (Å²) in [5.41, 5.74) is 2.63. The van der Waals surface area contributed by atoms with E-state index >= 15 is 0 Å². The summed E-state index contributed by atoms with van der Waals surface area (Å²) in [7, 11) is 0. The fraction of sp³-hybridized carbons (Fsp3) is 0.286. The number of benzene rings is 1. The third kappa shape index (κ3) is 4.15. The highest BCUT2D eigenvalue weighted by Gasteiger charge is 2.25. The highest BCUT2D eigenvalue weighted by atomic mass is 19.1. The molecule has 1 aromatic carbocycles. The molecule has 160 valence electrons. The molecule has 0 radical (unpaired) electrons. The van der Waals surface area contributed by atoms with Crippen molar-refractivity contribution in [2.45, 2.75) is 25.7 Å². The summed E-state index contributed by atoms with van der Waals surface area (Å²) >= 11 is 0. The number of hydrogen-bond donors (Lipinski definition) is 5. The lowest BCUT2D eigenvalue weighted by Gasteiger charge is -2.11. The van der Waals surface area contributed by atoms with E-state index in [4.69, 9.17) is 9.84 Å². The van der Waals surface area contributed by atoms with Crippen molar-refractivity contribution in [3.05, 3.63) is 47.5 Å². The van der Waals surface area contributed by atoms with Gasteiger partial charge in [-0.15, -0.1) is 0 Å². The number of aromatic nitrogens is 5. The summed E-state index contributed by atoms with van der Waals surface area (Å²) < 4.78 is 20.6. The number of nitrogens with one attached hydrogen (secondary N) is 4. The van der Waals surface area contributed by atoms with Gasteiger partial charge in [0, 0.05) is 46.9 Å². The van der Waals surface area contributed by atoms with E-state index in [2.05, 4.69) is 35.8 Å². The zero-order chi connectivity index (χ0) is 21.4. The zero-order valence-corrected chi connectivity index (χ0v) is 16.9. The first-order valence-corrected chi connectivity index (χ1v) is 10.1. The van der Waals surface area contributed by atoms with Crippen molar-refractivity contribution >= 4 is 28.4 Å². The second-order valence-corrected chi connectivity index (χ2v) is 7.57. The number of rotatable bonds is 8. The molecule has 5 rings (SSSR count). The van der Waals surface area contributed by atoms with Gasteiger partial charge in [-0.05, 0) is 38.0 Å². The molecule has 3 heterocycles. The van der Waals surface area contributed by atoms with Crippen LogP contribution in [0, 0.1) is 12.7 Å².